The fourth-order valence-electron chi connectivity index (χ4n) is 5.20. The van der Waals surface area contributed by atoms with E-state index in [-0.39, 0.29) is 29.0 Å². The summed E-state index contributed by atoms with van der Waals surface area (Å²) in [5.74, 6) is -0.223. The van der Waals surface area contributed by atoms with Gasteiger partial charge in [0.2, 0.25) is 11.8 Å². The fourth-order valence-corrected chi connectivity index (χ4v) is 5.20. The number of hydrogen-bond acceptors (Lipinski definition) is 2. The van der Waals surface area contributed by atoms with Crippen LogP contribution in [0.5, 0.6) is 0 Å². The number of carbonyl (C=O) groups is 2. The third kappa shape index (κ3) is 5.89. The molecular weight excluding hydrogens is 415 g/mol. The number of rotatable bonds is 6. The number of hydrogen-bond donors (Lipinski definition) is 1. The molecule has 1 heterocycles. The Hall–Kier alpha value is -2.95. The molecule has 1 aliphatic heterocycles. The summed E-state index contributed by atoms with van der Waals surface area (Å²) in [5, 5.41) is 3.22. The Bertz CT molecular complexity index is 957. The number of halogens is 1. The second kappa shape index (κ2) is 10.8. The minimum atomic E-state index is -0.228. The van der Waals surface area contributed by atoms with Crippen molar-refractivity contribution in [2.75, 3.05) is 19.6 Å². The number of nitrogens with one attached hydrogen (secondary N) is 1. The smallest absolute Gasteiger partial charge is 0.246 e. The van der Waals surface area contributed by atoms with Crippen molar-refractivity contribution in [1.82, 2.24) is 10.2 Å². The molecule has 0 bridgehead atoms. The van der Waals surface area contributed by atoms with Crippen LogP contribution in [0.15, 0.2) is 60.7 Å². The highest BCUT2D eigenvalue weighted by atomic mass is 19.1. The van der Waals surface area contributed by atoms with E-state index in [0.717, 1.165) is 36.8 Å². The van der Waals surface area contributed by atoms with E-state index >= 15 is 0 Å². The molecule has 2 aromatic carbocycles. The van der Waals surface area contributed by atoms with E-state index in [1.807, 2.05) is 53.4 Å². The summed E-state index contributed by atoms with van der Waals surface area (Å²) in [6.45, 7) is 1.79. The predicted molar refractivity (Wildman–Crippen MR) is 129 cm³/mol. The van der Waals surface area contributed by atoms with E-state index in [0.29, 0.717) is 32.5 Å². The van der Waals surface area contributed by atoms with Gasteiger partial charge in [-0.3, -0.25) is 9.59 Å². The van der Waals surface area contributed by atoms with Gasteiger partial charge in [0, 0.05) is 37.0 Å². The molecule has 0 atom stereocenters. The molecule has 33 heavy (non-hydrogen) atoms. The summed E-state index contributed by atoms with van der Waals surface area (Å²) in [6.07, 6.45) is 10.3. The maximum Gasteiger partial charge on any atom is 0.246 e. The first-order valence-corrected chi connectivity index (χ1v) is 12.1. The standard InChI is InChI=1S/C28H33FN2O2/c29-25-12-10-24(11-13-25)28(17-5-2-6-18-28)21-30-27(33)23-15-19-31(20-16-23)26(32)14-9-22-7-3-1-4-8-22/h1,3-4,7-14,23H,2,5-6,15-21H2,(H,30,33)/b14-9+. The lowest BCUT2D eigenvalue weighted by atomic mass is 9.69. The molecule has 2 aliphatic rings. The summed E-state index contributed by atoms with van der Waals surface area (Å²) in [6, 6.07) is 16.6. The zero-order valence-corrected chi connectivity index (χ0v) is 19.1. The number of amides is 2. The third-order valence-corrected chi connectivity index (χ3v) is 7.26. The van der Waals surface area contributed by atoms with Crippen molar-refractivity contribution >= 4 is 17.9 Å². The third-order valence-electron chi connectivity index (χ3n) is 7.26. The molecule has 5 heteroatoms. The molecule has 2 aromatic rings. The predicted octanol–water partition coefficient (Wildman–Crippen LogP) is 5.10. The van der Waals surface area contributed by atoms with Gasteiger partial charge in [0.25, 0.3) is 0 Å². The lowest BCUT2D eigenvalue weighted by molar-refractivity contribution is -0.132. The first-order chi connectivity index (χ1) is 16.1. The molecule has 0 spiro atoms. The maximum absolute atomic E-state index is 13.5. The van der Waals surface area contributed by atoms with Crippen molar-refractivity contribution in [1.29, 1.82) is 0 Å². The van der Waals surface area contributed by atoms with E-state index in [1.165, 1.54) is 18.6 Å². The summed E-state index contributed by atoms with van der Waals surface area (Å²) in [4.78, 5) is 27.3. The van der Waals surface area contributed by atoms with Crippen LogP contribution in [0.25, 0.3) is 6.08 Å². The van der Waals surface area contributed by atoms with Gasteiger partial charge in [0.15, 0.2) is 0 Å². The molecule has 2 fully saturated rings. The fraction of sp³-hybridized carbons (Fsp3) is 0.429. The molecule has 0 aromatic heterocycles. The summed E-state index contributed by atoms with van der Waals surface area (Å²) < 4.78 is 13.5. The van der Waals surface area contributed by atoms with Gasteiger partial charge in [-0.1, -0.05) is 61.7 Å². The van der Waals surface area contributed by atoms with E-state index in [4.69, 9.17) is 0 Å². The molecule has 1 aliphatic carbocycles. The molecule has 1 saturated carbocycles. The van der Waals surface area contributed by atoms with Gasteiger partial charge in [-0.2, -0.15) is 0 Å². The topological polar surface area (TPSA) is 49.4 Å². The van der Waals surface area contributed by atoms with Gasteiger partial charge in [-0.15, -0.1) is 0 Å². The van der Waals surface area contributed by atoms with Gasteiger partial charge in [0.1, 0.15) is 5.82 Å². The highest BCUT2D eigenvalue weighted by Gasteiger charge is 2.35. The van der Waals surface area contributed by atoms with Crippen LogP contribution in [0, 0.1) is 11.7 Å². The highest BCUT2D eigenvalue weighted by molar-refractivity contribution is 5.92. The van der Waals surface area contributed by atoms with Crippen LogP contribution in [0.1, 0.15) is 56.1 Å². The Morgan fingerprint density at radius 2 is 1.64 bits per heavy atom. The van der Waals surface area contributed by atoms with Crippen molar-refractivity contribution < 1.29 is 14.0 Å². The Labute approximate surface area is 195 Å². The van der Waals surface area contributed by atoms with Gasteiger partial charge in [-0.25, -0.2) is 4.39 Å². The van der Waals surface area contributed by atoms with Crippen molar-refractivity contribution in [3.8, 4) is 0 Å². The average molecular weight is 449 g/mol. The highest BCUT2D eigenvalue weighted by Crippen LogP contribution is 2.39. The minimum absolute atomic E-state index is 0.00446. The zero-order chi connectivity index (χ0) is 23.1. The molecule has 1 N–H and O–H groups in total. The number of carbonyl (C=O) groups excluding carboxylic acids is 2. The number of piperidine rings is 1. The van der Waals surface area contributed by atoms with Crippen LogP contribution < -0.4 is 5.32 Å². The van der Waals surface area contributed by atoms with E-state index in [2.05, 4.69) is 5.32 Å². The molecule has 4 rings (SSSR count). The number of benzene rings is 2. The summed E-state index contributed by atoms with van der Waals surface area (Å²) in [7, 11) is 0. The Balaban J connectivity index is 1.30. The molecule has 0 radical (unpaired) electrons. The molecular formula is C28H33FN2O2. The number of nitrogens with zero attached hydrogens (tertiary/aromatic N) is 1. The lowest BCUT2D eigenvalue weighted by Gasteiger charge is -2.39. The quantitative estimate of drug-likeness (QED) is 0.626. The van der Waals surface area contributed by atoms with E-state index in [9.17, 15) is 14.0 Å². The van der Waals surface area contributed by atoms with Crippen LogP contribution in [-0.2, 0) is 15.0 Å². The van der Waals surface area contributed by atoms with E-state index in [1.54, 1.807) is 6.08 Å². The second-order valence-electron chi connectivity index (χ2n) is 9.41. The van der Waals surface area contributed by atoms with Crippen LogP contribution in [0.2, 0.25) is 0 Å². The Kier molecular flexibility index (Phi) is 7.58. The second-order valence-corrected chi connectivity index (χ2v) is 9.41. The minimum Gasteiger partial charge on any atom is -0.355 e. The van der Waals surface area contributed by atoms with Crippen LogP contribution in [-0.4, -0.2) is 36.3 Å². The summed E-state index contributed by atoms with van der Waals surface area (Å²) in [5.41, 5.74) is 2.01. The first kappa shape index (κ1) is 23.2. The molecule has 1 saturated heterocycles. The van der Waals surface area contributed by atoms with Crippen LogP contribution in [0.3, 0.4) is 0 Å². The lowest BCUT2D eigenvalue weighted by Crippen LogP contribution is -2.47. The van der Waals surface area contributed by atoms with Crippen molar-refractivity contribution in [2.45, 2.75) is 50.4 Å². The number of likely N-dealkylation sites (tertiary alicyclic amines) is 1. The van der Waals surface area contributed by atoms with Crippen molar-refractivity contribution in [2.24, 2.45) is 5.92 Å². The van der Waals surface area contributed by atoms with Crippen molar-refractivity contribution in [3.05, 3.63) is 77.6 Å². The largest absolute Gasteiger partial charge is 0.355 e. The SMILES string of the molecule is O=C(NCC1(c2ccc(F)cc2)CCCCC1)C1CCN(C(=O)/C=C/c2ccccc2)CC1. The zero-order valence-electron chi connectivity index (χ0n) is 19.1. The Morgan fingerprint density at radius 1 is 0.970 bits per heavy atom. The van der Waals surface area contributed by atoms with Gasteiger partial charge in [-0.05, 0) is 55.0 Å². The van der Waals surface area contributed by atoms with Crippen LogP contribution >= 0.6 is 0 Å². The van der Waals surface area contributed by atoms with Gasteiger partial charge >= 0.3 is 0 Å². The van der Waals surface area contributed by atoms with Crippen LogP contribution in [0.4, 0.5) is 4.39 Å². The van der Waals surface area contributed by atoms with E-state index < -0.39 is 0 Å². The summed E-state index contributed by atoms with van der Waals surface area (Å²) >= 11 is 0. The van der Waals surface area contributed by atoms with Gasteiger partial charge < -0.3 is 10.2 Å². The molecule has 174 valence electrons. The first-order valence-electron chi connectivity index (χ1n) is 12.1. The maximum atomic E-state index is 13.5. The monoisotopic (exact) mass is 448 g/mol. The average Bonchev–Trinajstić information content (AvgIpc) is 2.87. The molecule has 4 nitrogen and oxygen atoms in total. The Morgan fingerprint density at radius 3 is 2.30 bits per heavy atom. The molecule has 0 unspecified atom stereocenters. The van der Waals surface area contributed by atoms with Crippen molar-refractivity contribution in [3.63, 3.8) is 0 Å². The molecule has 2 amide bonds. The van der Waals surface area contributed by atoms with Gasteiger partial charge in [0.05, 0.1) is 0 Å². The normalized spacial score (nSPS) is 18.9.